The van der Waals surface area contributed by atoms with Gasteiger partial charge in [-0.1, -0.05) is 49.2 Å². The van der Waals surface area contributed by atoms with E-state index >= 15 is 0 Å². The Balaban J connectivity index is 2.23. The van der Waals surface area contributed by atoms with Gasteiger partial charge in [0.1, 0.15) is 0 Å². The highest BCUT2D eigenvalue weighted by Gasteiger charge is 2.35. The number of hydrogen-bond donors (Lipinski definition) is 1. The molecule has 2 atom stereocenters. The zero-order valence-electron chi connectivity index (χ0n) is 9.10. The fourth-order valence-corrected chi connectivity index (χ4v) is 3.30. The summed E-state index contributed by atoms with van der Waals surface area (Å²) < 4.78 is 2.21. The molecule has 0 aliphatic carbocycles. The predicted molar refractivity (Wildman–Crippen MR) is 66.3 cm³/mol. The third-order valence-electron chi connectivity index (χ3n) is 2.84. The van der Waals surface area contributed by atoms with E-state index in [1.54, 1.807) is 11.9 Å². The molecule has 80 valence electrons. The summed E-state index contributed by atoms with van der Waals surface area (Å²) in [7, 11) is 2.08. The molecule has 3 heteroatoms. The molecule has 0 aromatic heterocycles. The minimum absolute atomic E-state index is 0.223. The summed E-state index contributed by atoms with van der Waals surface area (Å²) in [6.07, 6.45) is 1.02. The van der Waals surface area contributed by atoms with Gasteiger partial charge >= 0.3 is 0 Å². The van der Waals surface area contributed by atoms with Crippen molar-refractivity contribution >= 4 is 17.7 Å². The molecule has 1 aliphatic heterocycles. The van der Waals surface area contributed by atoms with E-state index in [2.05, 4.69) is 30.4 Å². The largest absolute Gasteiger partial charge is 0.306 e. The first-order chi connectivity index (χ1) is 7.24. The first-order valence-electron chi connectivity index (χ1n) is 5.27. The molecule has 1 aromatic rings. The van der Waals surface area contributed by atoms with E-state index in [0.29, 0.717) is 6.04 Å². The first kappa shape index (κ1) is 10.7. The first-order valence-corrected chi connectivity index (χ1v) is 6.10. The van der Waals surface area contributed by atoms with Crippen molar-refractivity contribution in [2.75, 3.05) is 7.05 Å². The Labute approximate surface area is 95.3 Å². The summed E-state index contributed by atoms with van der Waals surface area (Å²) in [5.41, 5.74) is 2.09. The van der Waals surface area contributed by atoms with Crippen LogP contribution in [0.25, 0.3) is 0 Å². The van der Waals surface area contributed by atoms with Crippen molar-refractivity contribution in [3.05, 3.63) is 35.9 Å². The average molecular weight is 220 g/mol. The number of nitrogens with one attached hydrogen (secondary N) is 1. The van der Waals surface area contributed by atoms with Crippen molar-refractivity contribution < 1.29 is 0 Å². The highest BCUT2D eigenvalue weighted by molar-refractivity contribution is 7.98. The zero-order valence-corrected chi connectivity index (χ0v) is 9.92. The molecule has 0 amide bonds. The van der Waals surface area contributed by atoms with E-state index in [1.165, 1.54) is 5.56 Å². The summed E-state index contributed by atoms with van der Waals surface area (Å²) in [5.74, 6) is 0. The van der Waals surface area contributed by atoms with Crippen LogP contribution in [0.4, 0.5) is 0 Å². The van der Waals surface area contributed by atoms with E-state index < -0.39 is 0 Å². The van der Waals surface area contributed by atoms with Gasteiger partial charge < -0.3 is 5.41 Å². The van der Waals surface area contributed by atoms with Crippen LogP contribution in [0.2, 0.25) is 0 Å². The smallest absolute Gasteiger partial charge is 0.0836 e. The molecule has 2 rings (SSSR count). The number of hydrogen-bond acceptors (Lipinski definition) is 3. The van der Waals surface area contributed by atoms with E-state index in [-0.39, 0.29) is 5.25 Å². The Kier molecular flexibility index (Phi) is 3.12. The second-order valence-corrected chi connectivity index (χ2v) is 5.08. The third-order valence-corrected chi connectivity index (χ3v) is 4.17. The summed E-state index contributed by atoms with van der Waals surface area (Å²) in [6, 6.07) is 10.6. The molecule has 0 spiro atoms. The van der Waals surface area contributed by atoms with Gasteiger partial charge in [-0.3, -0.25) is 0 Å². The Morgan fingerprint density at radius 1 is 1.33 bits per heavy atom. The minimum Gasteiger partial charge on any atom is -0.306 e. The Morgan fingerprint density at radius 2 is 2.00 bits per heavy atom. The molecule has 1 saturated heterocycles. The lowest BCUT2D eigenvalue weighted by Gasteiger charge is -2.14. The van der Waals surface area contributed by atoms with Crippen LogP contribution in [0.1, 0.15) is 24.2 Å². The van der Waals surface area contributed by atoms with Gasteiger partial charge in [0, 0.05) is 5.71 Å². The number of nitrogens with zero attached hydrogens (tertiary/aromatic N) is 1. The number of rotatable bonds is 2. The van der Waals surface area contributed by atoms with E-state index in [9.17, 15) is 0 Å². The van der Waals surface area contributed by atoms with Gasteiger partial charge in [-0.15, -0.1) is 0 Å². The minimum atomic E-state index is 0.223. The van der Waals surface area contributed by atoms with Crippen LogP contribution in [0.15, 0.2) is 30.3 Å². The molecule has 15 heavy (non-hydrogen) atoms. The quantitative estimate of drug-likeness (QED) is 0.775. The van der Waals surface area contributed by atoms with Crippen molar-refractivity contribution in [3.63, 3.8) is 0 Å². The van der Waals surface area contributed by atoms with E-state index in [0.717, 1.165) is 12.1 Å². The van der Waals surface area contributed by atoms with Crippen LogP contribution < -0.4 is 0 Å². The van der Waals surface area contributed by atoms with Crippen molar-refractivity contribution in [1.82, 2.24) is 4.31 Å². The molecule has 2 nitrogen and oxygen atoms in total. The molecule has 0 bridgehead atoms. The second-order valence-electron chi connectivity index (χ2n) is 3.82. The van der Waals surface area contributed by atoms with Crippen LogP contribution in [-0.2, 0) is 0 Å². The van der Waals surface area contributed by atoms with Gasteiger partial charge in [0.2, 0.25) is 0 Å². The molecule has 2 unspecified atom stereocenters. The number of benzene rings is 1. The molecular weight excluding hydrogens is 204 g/mol. The Hall–Kier alpha value is -0.800. The Morgan fingerprint density at radius 3 is 2.53 bits per heavy atom. The van der Waals surface area contributed by atoms with Crippen molar-refractivity contribution in [2.24, 2.45) is 0 Å². The van der Waals surface area contributed by atoms with Gasteiger partial charge in [0.05, 0.1) is 11.3 Å². The lowest BCUT2D eigenvalue weighted by molar-refractivity contribution is 0.499. The van der Waals surface area contributed by atoms with E-state index in [4.69, 9.17) is 5.41 Å². The van der Waals surface area contributed by atoms with E-state index in [1.807, 2.05) is 18.2 Å². The maximum absolute atomic E-state index is 8.17. The summed E-state index contributed by atoms with van der Waals surface area (Å²) in [4.78, 5) is 0. The standard InChI is InChI=1S/C12H16N2S/c1-3-10-11(13)12(15-14(10)2)9-7-5-4-6-8-9/h4-8,10,12-13H,3H2,1-2H3. The van der Waals surface area contributed by atoms with Gasteiger partial charge in [-0.25, -0.2) is 4.31 Å². The molecule has 1 aromatic carbocycles. The molecule has 1 aliphatic rings. The zero-order chi connectivity index (χ0) is 10.8. The SMILES string of the molecule is CCC1C(=N)C(c2ccccc2)SN1C. The second kappa shape index (κ2) is 4.37. The van der Waals surface area contributed by atoms with Crippen LogP contribution in [0, 0.1) is 5.41 Å². The highest BCUT2D eigenvalue weighted by Crippen LogP contribution is 2.41. The maximum atomic E-state index is 8.17. The lowest BCUT2D eigenvalue weighted by atomic mass is 10.0. The molecule has 1 fully saturated rings. The summed E-state index contributed by atoms with van der Waals surface area (Å²) in [6.45, 7) is 2.14. The lowest BCUT2D eigenvalue weighted by Crippen LogP contribution is -2.26. The summed E-state index contributed by atoms with van der Waals surface area (Å²) >= 11 is 1.77. The van der Waals surface area contributed by atoms with Gasteiger partial charge in [0.25, 0.3) is 0 Å². The molecule has 0 radical (unpaired) electrons. The van der Waals surface area contributed by atoms with Crippen LogP contribution >= 0.6 is 11.9 Å². The van der Waals surface area contributed by atoms with Crippen molar-refractivity contribution in [1.29, 1.82) is 5.41 Å². The fourth-order valence-electron chi connectivity index (χ4n) is 2.01. The highest BCUT2D eigenvalue weighted by atomic mass is 32.2. The van der Waals surface area contributed by atoms with Crippen LogP contribution in [-0.4, -0.2) is 23.1 Å². The predicted octanol–water partition coefficient (Wildman–Crippen LogP) is 3.12. The van der Waals surface area contributed by atoms with Gasteiger partial charge in [-0.2, -0.15) is 0 Å². The van der Waals surface area contributed by atoms with Gasteiger partial charge in [-0.05, 0) is 19.0 Å². The van der Waals surface area contributed by atoms with Gasteiger partial charge in [0.15, 0.2) is 0 Å². The van der Waals surface area contributed by atoms with Crippen molar-refractivity contribution in [3.8, 4) is 0 Å². The third kappa shape index (κ3) is 1.94. The molecule has 0 saturated carbocycles. The Bertz CT molecular complexity index is 350. The molecule has 1 heterocycles. The van der Waals surface area contributed by atoms with Crippen molar-refractivity contribution in [2.45, 2.75) is 24.6 Å². The maximum Gasteiger partial charge on any atom is 0.0836 e. The molecule has 1 N–H and O–H groups in total. The molecular formula is C12H16N2S. The topological polar surface area (TPSA) is 27.1 Å². The van der Waals surface area contributed by atoms with Crippen LogP contribution in [0.5, 0.6) is 0 Å². The monoisotopic (exact) mass is 220 g/mol. The average Bonchev–Trinajstić information content (AvgIpc) is 2.55. The fraction of sp³-hybridized carbons (Fsp3) is 0.417. The summed E-state index contributed by atoms with van der Waals surface area (Å²) in [5, 5.41) is 8.39. The van der Waals surface area contributed by atoms with Crippen LogP contribution in [0.3, 0.4) is 0 Å². The normalized spacial score (nSPS) is 27.2.